The summed E-state index contributed by atoms with van der Waals surface area (Å²) in [4.78, 5) is 11.9. The zero-order valence-electron chi connectivity index (χ0n) is 21.9. The summed E-state index contributed by atoms with van der Waals surface area (Å²) in [6.45, 7) is 5.86. The van der Waals surface area contributed by atoms with Gasteiger partial charge in [-0.15, -0.1) is 11.6 Å². The van der Waals surface area contributed by atoms with Gasteiger partial charge in [-0.25, -0.2) is 0 Å². The molecular weight excluding hydrogens is 475 g/mol. The van der Waals surface area contributed by atoms with Crippen LogP contribution in [-0.4, -0.2) is 42.1 Å². The fraction of sp³-hybridized carbons (Fsp3) is 0.885. The highest BCUT2D eigenvalue weighted by atomic mass is 35.5. The number of alkyl halides is 1. The highest BCUT2D eigenvalue weighted by Gasteiger charge is 2.35. The lowest BCUT2D eigenvalue weighted by Gasteiger charge is -2.23. The summed E-state index contributed by atoms with van der Waals surface area (Å²) < 4.78 is 28.0. The zero-order chi connectivity index (χ0) is 25.5. The van der Waals surface area contributed by atoms with E-state index in [9.17, 15) is 14.5 Å². The third-order valence-electron chi connectivity index (χ3n) is 5.51. The van der Waals surface area contributed by atoms with Crippen LogP contribution in [0.25, 0.3) is 0 Å². The van der Waals surface area contributed by atoms with Gasteiger partial charge in [-0.1, -0.05) is 70.4 Å². The van der Waals surface area contributed by atoms with Crippen LogP contribution in [0, 0.1) is 0 Å². The SMILES string of the molecule is CCCCCCCC/C=C\CCCCCCCC(=O)OC[C@@H](O)CC(Cl)P(=O)(OCC)OCC. The predicted molar refractivity (Wildman–Crippen MR) is 142 cm³/mol. The van der Waals surface area contributed by atoms with Crippen LogP contribution in [0.15, 0.2) is 12.2 Å². The van der Waals surface area contributed by atoms with Crippen molar-refractivity contribution in [3.63, 3.8) is 0 Å². The quantitative estimate of drug-likeness (QED) is 0.0451. The number of allylic oxidation sites excluding steroid dienone is 2. The van der Waals surface area contributed by atoms with Gasteiger partial charge in [0.25, 0.3) is 0 Å². The van der Waals surface area contributed by atoms with Gasteiger partial charge in [-0.05, 0) is 46.0 Å². The fourth-order valence-electron chi connectivity index (χ4n) is 3.58. The molecule has 0 radical (unpaired) electrons. The zero-order valence-corrected chi connectivity index (χ0v) is 23.5. The van der Waals surface area contributed by atoms with Crippen molar-refractivity contribution >= 4 is 25.2 Å². The molecule has 1 N–H and O–H groups in total. The summed E-state index contributed by atoms with van der Waals surface area (Å²) in [5, 5.41) is 9.08. The molecule has 202 valence electrons. The van der Waals surface area contributed by atoms with Crippen molar-refractivity contribution < 1.29 is 28.3 Å². The molecule has 0 spiro atoms. The van der Waals surface area contributed by atoms with E-state index in [-0.39, 0.29) is 32.2 Å². The van der Waals surface area contributed by atoms with E-state index in [1.54, 1.807) is 13.8 Å². The Balaban J connectivity index is 3.70. The Morgan fingerprint density at radius 2 is 1.35 bits per heavy atom. The number of carbonyl (C=O) groups excluding carboxylic acids is 1. The van der Waals surface area contributed by atoms with E-state index in [0.29, 0.717) is 6.42 Å². The van der Waals surface area contributed by atoms with Gasteiger partial charge < -0.3 is 18.9 Å². The summed E-state index contributed by atoms with van der Waals surface area (Å²) >= 11 is 6.15. The number of hydrogen-bond donors (Lipinski definition) is 1. The lowest BCUT2D eigenvalue weighted by Crippen LogP contribution is -2.23. The van der Waals surface area contributed by atoms with E-state index >= 15 is 0 Å². The largest absolute Gasteiger partial charge is 0.463 e. The molecule has 0 aliphatic heterocycles. The van der Waals surface area contributed by atoms with Gasteiger partial charge in [-0.2, -0.15) is 0 Å². The van der Waals surface area contributed by atoms with Crippen LogP contribution in [0.5, 0.6) is 0 Å². The van der Waals surface area contributed by atoms with Crippen LogP contribution >= 0.6 is 19.2 Å². The summed E-state index contributed by atoms with van der Waals surface area (Å²) in [5.41, 5.74) is 0. The maximum atomic E-state index is 12.6. The van der Waals surface area contributed by atoms with Crippen molar-refractivity contribution in [3.05, 3.63) is 12.2 Å². The minimum atomic E-state index is -3.50. The van der Waals surface area contributed by atoms with Crippen molar-refractivity contribution in [3.8, 4) is 0 Å². The van der Waals surface area contributed by atoms with E-state index < -0.39 is 18.8 Å². The molecule has 0 aliphatic rings. The average Bonchev–Trinajstić information content (AvgIpc) is 2.80. The molecule has 0 amide bonds. The molecule has 0 aliphatic carbocycles. The Kier molecular flexibility index (Phi) is 22.8. The van der Waals surface area contributed by atoms with Crippen molar-refractivity contribution in [1.29, 1.82) is 0 Å². The highest BCUT2D eigenvalue weighted by Crippen LogP contribution is 2.56. The van der Waals surface area contributed by atoms with E-state index in [0.717, 1.165) is 25.7 Å². The lowest BCUT2D eigenvalue weighted by molar-refractivity contribution is -0.146. The molecule has 6 nitrogen and oxygen atoms in total. The van der Waals surface area contributed by atoms with E-state index in [2.05, 4.69) is 19.1 Å². The minimum Gasteiger partial charge on any atom is -0.463 e. The first kappa shape index (κ1) is 33.6. The van der Waals surface area contributed by atoms with Gasteiger partial charge in [0.2, 0.25) is 0 Å². The second kappa shape index (κ2) is 23.0. The van der Waals surface area contributed by atoms with E-state index in [4.69, 9.17) is 25.4 Å². The third kappa shape index (κ3) is 18.9. The maximum Gasteiger partial charge on any atom is 0.348 e. The Labute approximate surface area is 213 Å². The first-order chi connectivity index (χ1) is 16.4. The molecule has 2 atom stereocenters. The smallest absolute Gasteiger partial charge is 0.348 e. The minimum absolute atomic E-state index is 0.0421. The molecule has 0 saturated heterocycles. The first-order valence-electron chi connectivity index (χ1n) is 13.4. The molecule has 0 bridgehead atoms. The molecule has 1 unspecified atom stereocenters. The molecule has 0 saturated carbocycles. The first-order valence-corrected chi connectivity index (χ1v) is 15.5. The number of ether oxygens (including phenoxy) is 1. The number of unbranched alkanes of at least 4 members (excludes halogenated alkanes) is 11. The van der Waals surface area contributed by atoms with Crippen LogP contribution < -0.4 is 0 Å². The summed E-state index contributed by atoms with van der Waals surface area (Å²) in [5.74, 6) is -0.333. The molecule has 0 aromatic heterocycles. The van der Waals surface area contributed by atoms with Gasteiger partial charge >= 0.3 is 13.6 Å². The summed E-state index contributed by atoms with van der Waals surface area (Å²) in [6, 6.07) is 0. The van der Waals surface area contributed by atoms with Gasteiger partial charge in [0.15, 0.2) is 0 Å². The molecule has 0 aromatic rings. The second-order valence-electron chi connectivity index (χ2n) is 8.72. The number of esters is 1. The van der Waals surface area contributed by atoms with Crippen LogP contribution in [0.2, 0.25) is 0 Å². The average molecular weight is 525 g/mol. The molecule has 0 fully saturated rings. The van der Waals surface area contributed by atoms with E-state index in [1.807, 2.05) is 0 Å². The second-order valence-corrected chi connectivity index (χ2v) is 11.8. The monoisotopic (exact) mass is 524 g/mol. The van der Waals surface area contributed by atoms with Gasteiger partial charge in [0, 0.05) is 12.8 Å². The summed E-state index contributed by atoms with van der Waals surface area (Å²) in [7, 11) is -3.50. The maximum absolute atomic E-state index is 12.6. The van der Waals surface area contributed by atoms with Crippen LogP contribution in [0.3, 0.4) is 0 Å². The normalized spacial score (nSPS) is 13.9. The van der Waals surface area contributed by atoms with Gasteiger partial charge in [-0.3, -0.25) is 9.36 Å². The topological polar surface area (TPSA) is 82.1 Å². The molecular formula is C26H50ClO6P. The van der Waals surface area contributed by atoms with Crippen molar-refractivity contribution in [2.75, 3.05) is 19.8 Å². The number of halogens is 1. The molecule has 8 heteroatoms. The Bertz CT molecular complexity index is 547. The Hall–Kier alpha value is -0.390. The standard InChI is InChI=1S/C26H50ClO6P/c1-4-7-8-9-10-11-12-13-14-15-16-17-18-19-20-21-26(29)31-23-24(28)22-25(27)34(30,32-5-2)33-6-3/h13-14,24-25,28H,4-12,15-23H2,1-3H3/b14-13-/t24-,25?/m0/s1. The lowest BCUT2D eigenvalue weighted by atomic mass is 10.1. The molecule has 0 heterocycles. The van der Waals surface area contributed by atoms with Crippen LogP contribution in [0.4, 0.5) is 0 Å². The molecule has 0 rings (SSSR count). The number of rotatable bonds is 24. The number of aliphatic hydroxyl groups excluding tert-OH is 1. The summed E-state index contributed by atoms with van der Waals surface area (Å²) in [6.07, 6.45) is 19.6. The Morgan fingerprint density at radius 3 is 1.88 bits per heavy atom. The van der Waals surface area contributed by atoms with Gasteiger partial charge in [0.1, 0.15) is 11.7 Å². The number of aliphatic hydroxyl groups is 1. The fourth-order valence-corrected chi connectivity index (χ4v) is 5.75. The Morgan fingerprint density at radius 1 is 0.853 bits per heavy atom. The number of hydrogen-bond acceptors (Lipinski definition) is 6. The molecule has 0 aromatic carbocycles. The van der Waals surface area contributed by atoms with Crippen LogP contribution in [0.1, 0.15) is 117 Å². The van der Waals surface area contributed by atoms with Crippen molar-refractivity contribution in [2.24, 2.45) is 0 Å². The number of carbonyl (C=O) groups is 1. The van der Waals surface area contributed by atoms with Crippen LogP contribution in [-0.2, 0) is 23.1 Å². The predicted octanol–water partition coefficient (Wildman–Crippen LogP) is 8.15. The third-order valence-corrected chi connectivity index (χ3v) is 8.54. The highest BCUT2D eigenvalue weighted by molar-refractivity contribution is 7.56. The van der Waals surface area contributed by atoms with Crippen molar-refractivity contribution in [2.45, 2.75) is 128 Å². The van der Waals surface area contributed by atoms with Crippen molar-refractivity contribution in [1.82, 2.24) is 0 Å². The molecule has 34 heavy (non-hydrogen) atoms. The van der Waals surface area contributed by atoms with Gasteiger partial charge in [0.05, 0.1) is 19.3 Å². The van der Waals surface area contributed by atoms with E-state index in [1.165, 1.54) is 57.8 Å².